The zero-order valence-corrected chi connectivity index (χ0v) is 15.8. The van der Waals surface area contributed by atoms with Crippen LogP contribution in [0.1, 0.15) is 5.56 Å². The van der Waals surface area contributed by atoms with E-state index in [-0.39, 0.29) is 0 Å². The number of phenols is 1. The molecule has 0 unspecified atom stereocenters. The SMILES string of the molecule is O=S(=O)(c1ccccc1)N1CCN(Cc2ccc3ccccc3c2O)CC1. The van der Waals surface area contributed by atoms with Crippen LogP contribution < -0.4 is 0 Å². The molecule has 4 rings (SSSR count). The van der Waals surface area contributed by atoms with Gasteiger partial charge in [-0.3, -0.25) is 4.90 Å². The largest absolute Gasteiger partial charge is 0.507 e. The summed E-state index contributed by atoms with van der Waals surface area (Å²) in [5, 5.41) is 12.4. The normalized spacial score (nSPS) is 16.6. The van der Waals surface area contributed by atoms with E-state index in [0.717, 1.165) is 16.3 Å². The maximum absolute atomic E-state index is 12.7. The summed E-state index contributed by atoms with van der Waals surface area (Å²) in [6, 6.07) is 20.3. The van der Waals surface area contributed by atoms with Gasteiger partial charge in [-0.15, -0.1) is 0 Å². The van der Waals surface area contributed by atoms with Gasteiger partial charge in [0.2, 0.25) is 10.0 Å². The molecule has 1 saturated heterocycles. The van der Waals surface area contributed by atoms with Crippen LogP contribution in [0.2, 0.25) is 0 Å². The molecule has 1 aliphatic rings. The smallest absolute Gasteiger partial charge is 0.243 e. The van der Waals surface area contributed by atoms with Crippen molar-refractivity contribution in [3.05, 3.63) is 72.3 Å². The number of hydrogen-bond acceptors (Lipinski definition) is 4. The molecule has 0 aromatic heterocycles. The zero-order chi connectivity index (χ0) is 18.9. The topological polar surface area (TPSA) is 60.9 Å². The molecule has 27 heavy (non-hydrogen) atoms. The van der Waals surface area contributed by atoms with Crippen LogP contribution in [0.3, 0.4) is 0 Å². The lowest BCUT2D eigenvalue weighted by atomic mass is 10.0. The van der Waals surface area contributed by atoms with Gasteiger partial charge < -0.3 is 5.11 Å². The Morgan fingerprint density at radius 3 is 2.22 bits per heavy atom. The van der Waals surface area contributed by atoms with Gasteiger partial charge in [0.1, 0.15) is 5.75 Å². The number of nitrogens with zero attached hydrogens (tertiary/aromatic N) is 2. The van der Waals surface area contributed by atoms with E-state index in [0.29, 0.717) is 43.4 Å². The summed E-state index contributed by atoms with van der Waals surface area (Å²) in [4.78, 5) is 2.52. The Labute approximate surface area is 159 Å². The molecule has 0 atom stereocenters. The minimum atomic E-state index is -3.44. The van der Waals surface area contributed by atoms with Crippen molar-refractivity contribution in [3.63, 3.8) is 0 Å². The van der Waals surface area contributed by atoms with E-state index in [1.54, 1.807) is 28.6 Å². The van der Waals surface area contributed by atoms with E-state index in [4.69, 9.17) is 0 Å². The average Bonchev–Trinajstić information content (AvgIpc) is 2.71. The molecule has 0 amide bonds. The molecule has 3 aromatic rings. The van der Waals surface area contributed by atoms with E-state index in [9.17, 15) is 13.5 Å². The number of rotatable bonds is 4. The molecule has 0 spiro atoms. The summed E-state index contributed by atoms with van der Waals surface area (Å²) in [5.41, 5.74) is 0.869. The van der Waals surface area contributed by atoms with Gasteiger partial charge in [-0.25, -0.2) is 8.42 Å². The van der Waals surface area contributed by atoms with Crippen LogP contribution in [0.5, 0.6) is 5.75 Å². The number of fused-ring (bicyclic) bond motifs is 1. The summed E-state index contributed by atoms with van der Waals surface area (Å²) < 4.78 is 27.0. The summed E-state index contributed by atoms with van der Waals surface area (Å²) in [7, 11) is -3.44. The molecule has 1 aliphatic heterocycles. The Hall–Kier alpha value is -2.41. The molecule has 140 valence electrons. The average molecular weight is 382 g/mol. The third kappa shape index (κ3) is 3.56. The lowest BCUT2D eigenvalue weighted by Crippen LogP contribution is -2.48. The van der Waals surface area contributed by atoms with Gasteiger partial charge in [-0.1, -0.05) is 54.6 Å². The Bertz CT molecular complexity index is 1040. The van der Waals surface area contributed by atoms with E-state index >= 15 is 0 Å². The molecular weight excluding hydrogens is 360 g/mol. The molecule has 1 N–H and O–H groups in total. The number of sulfonamides is 1. The Kier molecular flexibility index (Phi) is 4.86. The molecule has 3 aromatic carbocycles. The minimum absolute atomic E-state index is 0.312. The Morgan fingerprint density at radius 2 is 1.48 bits per heavy atom. The van der Waals surface area contributed by atoms with Crippen molar-refractivity contribution in [3.8, 4) is 5.75 Å². The number of hydrogen-bond donors (Lipinski definition) is 1. The fourth-order valence-electron chi connectivity index (χ4n) is 3.54. The molecule has 1 heterocycles. The molecule has 0 radical (unpaired) electrons. The number of benzene rings is 3. The number of aromatic hydroxyl groups is 1. The lowest BCUT2D eigenvalue weighted by molar-refractivity contribution is 0.180. The summed E-state index contributed by atoms with van der Waals surface area (Å²) in [6.45, 7) is 2.78. The fraction of sp³-hybridized carbons (Fsp3) is 0.238. The second-order valence-corrected chi connectivity index (χ2v) is 8.73. The highest BCUT2D eigenvalue weighted by Crippen LogP contribution is 2.29. The summed E-state index contributed by atoms with van der Waals surface area (Å²) >= 11 is 0. The van der Waals surface area contributed by atoms with Crippen molar-refractivity contribution in [2.24, 2.45) is 0 Å². The fourth-order valence-corrected chi connectivity index (χ4v) is 4.98. The standard InChI is InChI=1S/C21H22N2O3S/c24-21-18(11-10-17-6-4-5-9-20(17)21)16-22-12-14-23(15-13-22)27(25,26)19-7-2-1-3-8-19/h1-11,24H,12-16H2. The maximum atomic E-state index is 12.7. The van der Waals surface area contributed by atoms with Gasteiger partial charge >= 0.3 is 0 Å². The van der Waals surface area contributed by atoms with Crippen LogP contribution >= 0.6 is 0 Å². The molecular formula is C21H22N2O3S. The summed E-state index contributed by atoms with van der Waals surface area (Å²) in [5.74, 6) is 0.312. The van der Waals surface area contributed by atoms with Crippen molar-refractivity contribution in [1.29, 1.82) is 0 Å². The predicted octanol–water partition coefficient (Wildman–Crippen LogP) is 3.05. The van der Waals surface area contributed by atoms with Gasteiger partial charge in [0.05, 0.1) is 4.90 Å². The molecule has 0 bridgehead atoms. The van der Waals surface area contributed by atoms with Crippen molar-refractivity contribution < 1.29 is 13.5 Å². The first kappa shape index (κ1) is 18.0. The molecule has 1 fully saturated rings. The van der Waals surface area contributed by atoms with Gasteiger partial charge in [0.15, 0.2) is 0 Å². The van der Waals surface area contributed by atoms with E-state index in [1.807, 2.05) is 42.5 Å². The van der Waals surface area contributed by atoms with Crippen molar-refractivity contribution in [2.75, 3.05) is 26.2 Å². The second-order valence-electron chi connectivity index (χ2n) is 6.79. The monoisotopic (exact) mass is 382 g/mol. The zero-order valence-electron chi connectivity index (χ0n) is 15.0. The van der Waals surface area contributed by atoms with Gasteiger partial charge in [-0.05, 0) is 17.5 Å². The lowest BCUT2D eigenvalue weighted by Gasteiger charge is -2.34. The van der Waals surface area contributed by atoms with Gasteiger partial charge in [0, 0.05) is 43.7 Å². The van der Waals surface area contributed by atoms with Crippen LogP contribution in [0.4, 0.5) is 0 Å². The van der Waals surface area contributed by atoms with Crippen LogP contribution in [0.25, 0.3) is 10.8 Å². The van der Waals surface area contributed by atoms with Crippen LogP contribution in [-0.4, -0.2) is 48.9 Å². The Morgan fingerprint density at radius 1 is 0.815 bits per heavy atom. The van der Waals surface area contributed by atoms with Crippen molar-refractivity contribution >= 4 is 20.8 Å². The van der Waals surface area contributed by atoms with E-state index in [1.165, 1.54) is 0 Å². The molecule has 0 aliphatic carbocycles. The highest BCUT2D eigenvalue weighted by molar-refractivity contribution is 7.89. The van der Waals surface area contributed by atoms with E-state index < -0.39 is 10.0 Å². The van der Waals surface area contributed by atoms with E-state index in [2.05, 4.69) is 4.90 Å². The highest BCUT2D eigenvalue weighted by atomic mass is 32.2. The number of piperazine rings is 1. The van der Waals surface area contributed by atoms with Crippen LogP contribution in [0.15, 0.2) is 71.6 Å². The first-order valence-corrected chi connectivity index (χ1v) is 10.5. The highest BCUT2D eigenvalue weighted by Gasteiger charge is 2.28. The predicted molar refractivity (Wildman–Crippen MR) is 106 cm³/mol. The van der Waals surface area contributed by atoms with Gasteiger partial charge in [0.25, 0.3) is 0 Å². The first-order chi connectivity index (χ1) is 13.1. The Balaban J connectivity index is 1.45. The second kappa shape index (κ2) is 7.31. The maximum Gasteiger partial charge on any atom is 0.243 e. The third-order valence-corrected chi connectivity index (χ3v) is 7.00. The van der Waals surface area contributed by atoms with Crippen molar-refractivity contribution in [1.82, 2.24) is 9.21 Å². The third-order valence-electron chi connectivity index (χ3n) is 5.09. The van der Waals surface area contributed by atoms with Gasteiger partial charge in [-0.2, -0.15) is 4.31 Å². The molecule has 6 heteroatoms. The van der Waals surface area contributed by atoms with Crippen molar-refractivity contribution in [2.45, 2.75) is 11.4 Å². The molecule has 0 saturated carbocycles. The minimum Gasteiger partial charge on any atom is -0.507 e. The first-order valence-electron chi connectivity index (χ1n) is 9.03. The van der Waals surface area contributed by atoms with Crippen LogP contribution in [0, 0.1) is 0 Å². The summed E-state index contributed by atoms with van der Waals surface area (Å²) in [6.07, 6.45) is 0. The quantitative estimate of drug-likeness (QED) is 0.753. The number of phenolic OH excluding ortho intramolecular Hbond substituents is 1. The van der Waals surface area contributed by atoms with Crippen LogP contribution in [-0.2, 0) is 16.6 Å². The molecule has 5 nitrogen and oxygen atoms in total.